The molecule has 1 aromatic rings. The summed E-state index contributed by atoms with van der Waals surface area (Å²) in [5.74, 6) is 1.04. The topological polar surface area (TPSA) is 27.7 Å². The van der Waals surface area contributed by atoms with E-state index in [9.17, 15) is 0 Å². The van der Waals surface area contributed by atoms with Gasteiger partial charge in [-0.2, -0.15) is 0 Å². The SMILES string of the molecule is Cc1cc(B2OC(C)(C)C(C)(C)O2)c2c(c1C)OCC2. The van der Waals surface area contributed by atoms with Gasteiger partial charge >= 0.3 is 7.12 Å². The third kappa shape index (κ3) is 1.89. The molecule has 0 amide bonds. The Kier molecular flexibility index (Phi) is 2.97. The summed E-state index contributed by atoms with van der Waals surface area (Å²) in [4.78, 5) is 0. The number of rotatable bonds is 1. The van der Waals surface area contributed by atoms with E-state index >= 15 is 0 Å². The van der Waals surface area contributed by atoms with Gasteiger partial charge in [0.25, 0.3) is 0 Å². The predicted molar refractivity (Wildman–Crippen MR) is 80.8 cm³/mol. The normalized spacial score (nSPS) is 22.8. The van der Waals surface area contributed by atoms with Crippen molar-refractivity contribution in [2.24, 2.45) is 0 Å². The molecule has 0 spiro atoms. The lowest BCUT2D eigenvalue weighted by molar-refractivity contribution is 0.00578. The summed E-state index contributed by atoms with van der Waals surface area (Å²) >= 11 is 0. The molecule has 0 aromatic heterocycles. The summed E-state index contributed by atoms with van der Waals surface area (Å²) in [5, 5.41) is 0. The maximum atomic E-state index is 6.19. The smallest absolute Gasteiger partial charge is 0.493 e. The molecule has 2 heterocycles. The molecule has 0 saturated carbocycles. The van der Waals surface area contributed by atoms with Crippen LogP contribution in [0.2, 0.25) is 0 Å². The number of hydrogen-bond acceptors (Lipinski definition) is 3. The van der Waals surface area contributed by atoms with Crippen molar-refractivity contribution in [1.82, 2.24) is 0 Å². The average Bonchev–Trinajstić information content (AvgIpc) is 2.88. The Hall–Kier alpha value is -0.995. The summed E-state index contributed by atoms with van der Waals surface area (Å²) < 4.78 is 18.2. The molecule has 0 unspecified atom stereocenters. The van der Waals surface area contributed by atoms with Crippen LogP contribution in [0.4, 0.5) is 0 Å². The van der Waals surface area contributed by atoms with Crippen molar-refractivity contribution in [2.75, 3.05) is 6.61 Å². The molecule has 0 bridgehead atoms. The fourth-order valence-electron chi connectivity index (χ4n) is 2.85. The van der Waals surface area contributed by atoms with Crippen LogP contribution in [0.25, 0.3) is 0 Å². The highest BCUT2D eigenvalue weighted by Crippen LogP contribution is 2.38. The molecule has 3 rings (SSSR count). The molecule has 0 aliphatic carbocycles. The zero-order chi connectivity index (χ0) is 14.7. The van der Waals surface area contributed by atoms with Crippen molar-refractivity contribution in [2.45, 2.75) is 59.2 Å². The van der Waals surface area contributed by atoms with Gasteiger partial charge < -0.3 is 14.0 Å². The minimum absolute atomic E-state index is 0.297. The highest BCUT2D eigenvalue weighted by molar-refractivity contribution is 6.62. The predicted octanol–water partition coefficient (Wildman–Crippen LogP) is 2.54. The van der Waals surface area contributed by atoms with E-state index in [1.54, 1.807) is 0 Å². The summed E-state index contributed by atoms with van der Waals surface area (Å²) in [5.41, 5.74) is 4.25. The molecular weight excluding hydrogens is 251 g/mol. The molecule has 0 radical (unpaired) electrons. The zero-order valence-corrected chi connectivity index (χ0v) is 13.3. The van der Waals surface area contributed by atoms with Gasteiger partial charge in [0.2, 0.25) is 0 Å². The van der Waals surface area contributed by atoms with Gasteiger partial charge in [-0.3, -0.25) is 0 Å². The van der Waals surface area contributed by atoms with Crippen molar-refractivity contribution in [3.8, 4) is 5.75 Å². The third-order valence-corrected chi connectivity index (χ3v) is 5.03. The molecule has 2 aliphatic rings. The molecular formula is C16H23BO3. The molecule has 20 heavy (non-hydrogen) atoms. The van der Waals surface area contributed by atoms with Gasteiger partial charge in [-0.15, -0.1) is 0 Å². The van der Waals surface area contributed by atoms with E-state index in [2.05, 4.69) is 47.6 Å². The first-order chi connectivity index (χ1) is 9.23. The molecule has 108 valence electrons. The van der Waals surface area contributed by atoms with E-state index in [0.717, 1.165) is 24.2 Å². The molecule has 1 fully saturated rings. The maximum absolute atomic E-state index is 6.19. The second-order valence-electron chi connectivity index (χ2n) is 6.90. The van der Waals surface area contributed by atoms with E-state index < -0.39 is 0 Å². The highest BCUT2D eigenvalue weighted by atomic mass is 16.7. The van der Waals surface area contributed by atoms with Gasteiger partial charge in [0, 0.05) is 6.42 Å². The molecule has 0 N–H and O–H groups in total. The van der Waals surface area contributed by atoms with Crippen molar-refractivity contribution in [1.29, 1.82) is 0 Å². The van der Waals surface area contributed by atoms with Gasteiger partial charge in [0.05, 0.1) is 17.8 Å². The summed E-state index contributed by atoms with van der Waals surface area (Å²) in [6, 6.07) is 2.20. The lowest BCUT2D eigenvalue weighted by Gasteiger charge is -2.32. The quantitative estimate of drug-likeness (QED) is 0.736. The Bertz CT molecular complexity index is 547. The average molecular weight is 274 g/mol. The van der Waals surface area contributed by atoms with E-state index in [0.29, 0.717) is 0 Å². The molecule has 2 aliphatic heterocycles. The van der Waals surface area contributed by atoms with Crippen molar-refractivity contribution in [3.63, 3.8) is 0 Å². The Morgan fingerprint density at radius 2 is 1.65 bits per heavy atom. The van der Waals surface area contributed by atoms with Crippen LogP contribution in [-0.2, 0) is 15.7 Å². The summed E-state index contributed by atoms with van der Waals surface area (Å²) in [6.07, 6.45) is 0.940. The number of fused-ring (bicyclic) bond motifs is 1. The fraction of sp³-hybridized carbons (Fsp3) is 0.625. The largest absolute Gasteiger partial charge is 0.495 e. The van der Waals surface area contributed by atoms with Crippen LogP contribution < -0.4 is 10.2 Å². The third-order valence-electron chi connectivity index (χ3n) is 5.03. The van der Waals surface area contributed by atoms with E-state index in [1.807, 2.05) is 0 Å². The fourth-order valence-corrected chi connectivity index (χ4v) is 2.85. The van der Waals surface area contributed by atoms with Gasteiger partial charge in [0.15, 0.2) is 0 Å². The molecule has 0 atom stereocenters. The summed E-state index contributed by atoms with van der Waals surface area (Å²) in [6.45, 7) is 13.3. The monoisotopic (exact) mass is 274 g/mol. The number of hydrogen-bond donors (Lipinski definition) is 0. The van der Waals surface area contributed by atoms with Crippen LogP contribution in [-0.4, -0.2) is 24.9 Å². The standard InChI is InChI=1S/C16H23BO3/c1-10-9-13(12-7-8-18-14(12)11(10)2)17-19-15(3,4)16(5,6)20-17/h9H,7-8H2,1-6H3. The Balaban J connectivity index is 2.05. The lowest BCUT2D eigenvalue weighted by Crippen LogP contribution is -2.41. The van der Waals surface area contributed by atoms with E-state index in [1.165, 1.54) is 16.7 Å². The van der Waals surface area contributed by atoms with E-state index in [4.69, 9.17) is 14.0 Å². The Labute approximate surface area is 121 Å². The Morgan fingerprint density at radius 1 is 1.05 bits per heavy atom. The second-order valence-corrected chi connectivity index (χ2v) is 6.90. The first-order valence-electron chi connectivity index (χ1n) is 7.34. The van der Waals surface area contributed by atoms with Gasteiger partial charge in [-0.1, -0.05) is 6.07 Å². The van der Waals surface area contributed by atoms with Gasteiger partial charge in [-0.25, -0.2) is 0 Å². The van der Waals surface area contributed by atoms with Crippen LogP contribution in [0, 0.1) is 13.8 Å². The highest BCUT2D eigenvalue weighted by Gasteiger charge is 2.52. The Morgan fingerprint density at radius 3 is 2.25 bits per heavy atom. The van der Waals surface area contributed by atoms with Crippen molar-refractivity contribution < 1.29 is 14.0 Å². The van der Waals surface area contributed by atoms with Crippen LogP contribution in [0.3, 0.4) is 0 Å². The van der Waals surface area contributed by atoms with Gasteiger partial charge in [-0.05, 0) is 63.7 Å². The summed E-state index contributed by atoms with van der Waals surface area (Å²) in [7, 11) is -0.297. The number of aryl methyl sites for hydroxylation is 1. The molecule has 1 saturated heterocycles. The molecule has 3 nitrogen and oxygen atoms in total. The van der Waals surface area contributed by atoms with Crippen LogP contribution in [0.15, 0.2) is 6.07 Å². The lowest BCUT2D eigenvalue weighted by atomic mass is 9.74. The van der Waals surface area contributed by atoms with Crippen molar-refractivity contribution in [3.05, 3.63) is 22.8 Å². The number of ether oxygens (including phenoxy) is 1. The van der Waals surface area contributed by atoms with Crippen LogP contribution >= 0.6 is 0 Å². The zero-order valence-electron chi connectivity index (χ0n) is 13.3. The van der Waals surface area contributed by atoms with Gasteiger partial charge in [0.1, 0.15) is 5.75 Å². The van der Waals surface area contributed by atoms with Crippen molar-refractivity contribution >= 4 is 12.6 Å². The van der Waals surface area contributed by atoms with Crippen LogP contribution in [0.5, 0.6) is 5.75 Å². The second kappa shape index (κ2) is 4.25. The first-order valence-corrected chi connectivity index (χ1v) is 7.34. The van der Waals surface area contributed by atoms with Crippen LogP contribution in [0.1, 0.15) is 44.4 Å². The minimum Gasteiger partial charge on any atom is -0.493 e. The maximum Gasteiger partial charge on any atom is 0.495 e. The first kappa shape index (κ1) is 14.0. The number of benzene rings is 1. The molecule has 4 heteroatoms. The van der Waals surface area contributed by atoms with E-state index in [-0.39, 0.29) is 18.3 Å². The molecule has 1 aromatic carbocycles. The minimum atomic E-state index is -0.303.